The summed E-state index contributed by atoms with van der Waals surface area (Å²) in [5, 5.41) is 10.7. The lowest BCUT2D eigenvalue weighted by atomic mass is 10.1. The lowest BCUT2D eigenvalue weighted by Crippen LogP contribution is -2.49. The number of β-amino-alcohol motifs (C(OH)–C–C–N with tert-alkyl or cyclic N) is 1. The number of benzene rings is 1. The first-order valence-corrected chi connectivity index (χ1v) is 7.97. The summed E-state index contributed by atoms with van der Waals surface area (Å²) in [5.41, 5.74) is 2.47. The van der Waals surface area contributed by atoms with E-state index in [4.69, 9.17) is 16.3 Å². The first kappa shape index (κ1) is 16.6. The molecule has 1 heterocycles. The number of hydrogen-bond donors (Lipinski definition) is 1. The van der Waals surface area contributed by atoms with Crippen LogP contribution in [0.1, 0.15) is 12.5 Å². The molecule has 1 N–H and O–H groups in total. The van der Waals surface area contributed by atoms with Gasteiger partial charge < -0.3 is 14.7 Å². The number of ether oxygens (including phenoxy) is 1. The summed E-state index contributed by atoms with van der Waals surface area (Å²) < 4.78 is 5.25. The highest BCUT2D eigenvalue weighted by Gasteiger charge is 2.20. The third-order valence-electron chi connectivity index (χ3n) is 3.87. The molecule has 118 valence electrons. The van der Waals surface area contributed by atoms with Gasteiger partial charge in [-0.05, 0) is 31.5 Å². The highest BCUT2D eigenvalue weighted by Crippen LogP contribution is 2.25. The van der Waals surface area contributed by atoms with E-state index in [1.165, 1.54) is 11.3 Å². The van der Waals surface area contributed by atoms with Gasteiger partial charge in [-0.15, -0.1) is 0 Å². The maximum absolute atomic E-state index is 9.90. The van der Waals surface area contributed by atoms with Crippen LogP contribution in [0.2, 0.25) is 5.02 Å². The van der Waals surface area contributed by atoms with Crippen molar-refractivity contribution in [2.24, 2.45) is 0 Å². The van der Waals surface area contributed by atoms with E-state index in [9.17, 15) is 5.11 Å². The lowest BCUT2D eigenvalue weighted by molar-refractivity contribution is 0.0202. The van der Waals surface area contributed by atoms with E-state index in [0.29, 0.717) is 19.8 Å². The first-order valence-electron chi connectivity index (χ1n) is 7.59. The minimum atomic E-state index is -0.399. The molecule has 4 nitrogen and oxygen atoms in total. The molecule has 5 heteroatoms. The molecule has 0 bridgehead atoms. The third-order valence-corrected chi connectivity index (χ3v) is 4.10. The summed E-state index contributed by atoms with van der Waals surface area (Å²) in [7, 11) is 0. The molecule has 1 aliphatic heterocycles. The van der Waals surface area contributed by atoms with Crippen molar-refractivity contribution in [3.05, 3.63) is 28.8 Å². The van der Waals surface area contributed by atoms with Crippen LogP contribution in [0.5, 0.6) is 0 Å². The van der Waals surface area contributed by atoms with Crippen LogP contribution in [0.15, 0.2) is 18.2 Å². The molecule has 1 aliphatic rings. The molecule has 0 radical (unpaired) electrons. The summed E-state index contributed by atoms with van der Waals surface area (Å²) in [5.74, 6) is 0. The molecule has 2 rings (SSSR count). The number of aliphatic hydroxyl groups excluding tert-OH is 1. The number of anilines is 1. The van der Waals surface area contributed by atoms with E-state index in [1.54, 1.807) is 0 Å². The van der Waals surface area contributed by atoms with E-state index >= 15 is 0 Å². The van der Waals surface area contributed by atoms with Gasteiger partial charge in [-0.25, -0.2) is 0 Å². The van der Waals surface area contributed by atoms with Crippen LogP contribution >= 0.6 is 11.6 Å². The predicted octanol–water partition coefficient (Wildman–Crippen LogP) is 2.17. The number of hydrogen-bond acceptors (Lipinski definition) is 4. The van der Waals surface area contributed by atoms with Gasteiger partial charge in [0.2, 0.25) is 0 Å². The standard InChI is InChI=1S/C16H25ClN2O2/c1-3-21-12-15(20)11-18-6-8-19(9-7-18)16-10-14(17)5-4-13(16)2/h4-5,10,15,20H,3,6-9,11-12H2,1-2H3. The SMILES string of the molecule is CCOCC(O)CN1CCN(c2cc(Cl)ccc2C)CC1. The molecule has 0 aromatic heterocycles. The van der Waals surface area contributed by atoms with Crippen molar-refractivity contribution in [2.75, 3.05) is 50.8 Å². The minimum Gasteiger partial charge on any atom is -0.389 e. The monoisotopic (exact) mass is 312 g/mol. The van der Waals surface area contributed by atoms with E-state index in [1.807, 2.05) is 19.1 Å². The molecule has 1 atom stereocenters. The normalized spacial score (nSPS) is 18.0. The quantitative estimate of drug-likeness (QED) is 0.873. The maximum atomic E-state index is 9.90. The second-order valence-corrected chi connectivity index (χ2v) is 5.97. The fourth-order valence-electron chi connectivity index (χ4n) is 2.70. The molecule has 21 heavy (non-hydrogen) atoms. The summed E-state index contributed by atoms with van der Waals surface area (Å²) in [6, 6.07) is 6.03. The van der Waals surface area contributed by atoms with E-state index < -0.39 is 6.10 Å². The van der Waals surface area contributed by atoms with Gasteiger partial charge in [0, 0.05) is 50.0 Å². The van der Waals surface area contributed by atoms with Gasteiger partial charge >= 0.3 is 0 Å². The largest absolute Gasteiger partial charge is 0.389 e. The fraction of sp³-hybridized carbons (Fsp3) is 0.625. The molecule has 1 aromatic carbocycles. The molecular weight excluding hydrogens is 288 g/mol. The maximum Gasteiger partial charge on any atom is 0.0900 e. The van der Waals surface area contributed by atoms with Gasteiger partial charge in [-0.1, -0.05) is 17.7 Å². The van der Waals surface area contributed by atoms with E-state index in [-0.39, 0.29) is 0 Å². The van der Waals surface area contributed by atoms with Crippen LogP contribution in [0, 0.1) is 6.92 Å². The number of rotatable bonds is 6. The number of aryl methyl sites for hydroxylation is 1. The summed E-state index contributed by atoms with van der Waals surface area (Å²) in [6.45, 7) is 9.64. The zero-order valence-electron chi connectivity index (χ0n) is 12.9. The Kier molecular flexibility index (Phi) is 6.30. The molecule has 1 unspecified atom stereocenters. The number of halogens is 1. The molecular formula is C16H25ClN2O2. The highest BCUT2D eigenvalue weighted by molar-refractivity contribution is 6.30. The first-order chi connectivity index (χ1) is 10.1. The highest BCUT2D eigenvalue weighted by atomic mass is 35.5. The number of piperazine rings is 1. The van der Waals surface area contributed by atoms with Gasteiger partial charge in [0.15, 0.2) is 0 Å². The van der Waals surface area contributed by atoms with Crippen LogP contribution in [-0.2, 0) is 4.74 Å². The Hall–Kier alpha value is -0.810. The van der Waals surface area contributed by atoms with Crippen molar-refractivity contribution in [1.29, 1.82) is 0 Å². The van der Waals surface area contributed by atoms with Crippen molar-refractivity contribution in [2.45, 2.75) is 20.0 Å². The van der Waals surface area contributed by atoms with Crippen LogP contribution in [-0.4, -0.2) is 62.0 Å². The van der Waals surface area contributed by atoms with Gasteiger partial charge in [-0.3, -0.25) is 4.90 Å². The summed E-state index contributed by atoms with van der Waals surface area (Å²) in [6.07, 6.45) is -0.399. The Labute approximate surface area is 132 Å². The van der Waals surface area contributed by atoms with Crippen molar-refractivity contribution in [1.82, 2.24) is 4.90 Å². The smallest absolute Gasteiger partial charge is 0.0900 e. The van der Waals surface area contributed by atoms with Gasteiger partial charge in [0.1, 0.15) is 0 Å². The Balaban J connectivity index is 1.84. The second-order valence-electron chi connectivity index (χ2n) is 5.53. The molecule has 1 saturated heterocycles. The van der Waals surface area contributed by atoms with Gasteiger partial charge in [0.25, 0.3) is 0 Å². The van der Waals surface area contributed by atoms with E-state index in [0.717, 1.165) is 31.2 Å². The zero-order valence-corrected chi connectivity index (χ0v) is 13.6. The Morgan fingerprint density at radius 1 is 1.29 bits per heavy atom. The Bertz CT molecular complexity index is 448. The van der Waals surface area contributed by atoms with Crippen LogP contribution < -0.4 is 4.90 Å². The fourth-order valence-corrected chi connectivity index (χ4v) is 2.87. The number of nitrogens with zero attached hydrogens (tertiary/aromatic N) is 2. The van der Waals surface area contributed by atoms with Crippen molar-refractivity contribution < 1.29 is 9.84 Å². The number of aliphatic hydroxyl groups is 1. The lowest BCUT2D eigenvalue weighted by Gasteiger charge is -2.37. The average Bonchev–Trinajstić information content (AvgIpc) is 2.48. The zero-order chi connectivity index (χ0) is 15.2. The third kappa shape index (κ3) is 4.85. The topological polar surface area (TPSA) is 35.9 Å². The van der Waals surface area contributed by atoms with E-state index in [2.05, 4.69) is 22.8 Å². The Morgan fingerprint density at radius 2 is 2.00 bits per heavy atom. The van der Waals surface area contributed by atoms with Crippen molar-refractivity contribution in [3.63, 3.8) is 0 Å². The van der Waals surface area contributed by atoms with Crippen molar-refractivity contribution in [3.8, 4) is 0 Å². The minimum absolute atomic E-state index is 0.399. The van der Waals surface area contributed by atoms with Crippen LogP contribution in [0.3, 0.4) is 0 Å². The molecule has 0 amide bonds. The predicted molar refractivity (Wildman–Crippen MR) is 87.3 cm³/mol. The van der Waals surface area contributed by atoms with Crippen LogP contribution in [0.4, 0.5) is 5.69 Å². The molecule has 0 aliphatic carbocycles. The summed E-state index contributed by atoms with van der Waals surface area (Å²) in [4.78, 5) is 4.66. The Morgan fingerprint density at radius 3 is 2.67 bits per heavy atom. The summed E-state index contributed by atoms with van der Waals surface area (Å²) >= 11 is 6.10. The van der Waals surface area contributed by atoms with Crippen molar-refractivity contribution >= 4 is 17.3 Å². The van der Waals surface area contributed by atoms with Gasteiger partial charge in [0.05, 0.1) is 12.7 Å². The second kappa shape index (κ2) is 7.99. The van der Waals surface area contributed by atoms with Crippen LogP contribution in [0.25, 0.3) is 0 Å². The molecule has 1 aromatic rings. The van der Waals surface area contributed by atoms with Gasteiger partial charge in [-0.2, -0.15) is 0 Å². The molecule has 0 saturated carbocycles. The molecule has 0 spiro atoms. The molecule has 1 fully saturated rings. The average molecular weight is 313 g/mol.